The largest absolute Gasteiger partial charge is 0.462 e. The molecule has 0 aliphatic rings. The molecule has 0 aliphatic carbocycles. The highest BCUT2D eigenvalue weighted by atomic mass is 16.6. The van der Waals surface area contributed by atoms with E-state index in [-0.39, 0.29) is 25.2 Å². The molecule has 0 radical (unpaired) electrons. The highest BCUT2D eigenvalue weighted by molar-refractivity contribution is 5.70. The van der Waals surface area contributed by atoms with E-state index in [1.807, 2.05) is 0 Å². The minimum atomic E-state index is -0.558. The zero-order valence-corrected chi connectivity index (χ0v) is 48.5. The molecule has 0 N–H and O–H groups in total. The summed E-state index contributed by atoms with van der Waals surface area (Å²) in [5, 5.41) is 0. The number of rotatable bonds is 59. The van der Waals surface area contributed by atoms with Gasteiger partial charge in [0.25, 0.3) is 0 Å². The average molecular weight is 1010 g/mol. The monoisotopic (exact) mass is 1010 g/mol. The molecule has 0 aliphatic heterocycles. The van der Waals surface area contributed by atoms with Gasteiger partial charge in [-0.25, -0.2) is 0 Å². The van der Waals surface area contributed by atoms with Gasteiger partial charge in [-0.3, -0.25) is 9.59 Å². The van der Waals surface area contributed by atoms with Crippen molar-refractivity contribution in [2.75, 3.05) is 19.8 Å². The van der Waals surface area contributed by atoms with Crippen LogP contribution in [-0.2, 0) is 23.8 Å². The predicted molar refractivity (Wildman–Crippen MR) is 316 cm³/mol. The first kappa shape index (κ1) is 69.6. The second-order valence-corrected chi connectivity index (χ2v) is 21.3. The van der Waals surface area contributed by atoms with Crippen LogP contribution in [0.2, 0.25) is 0 Å². The van der Waals surface area contributed by atoms with Crippen molar-refractivity contribution in [2.24, 2.45) is 0 Å². The van der Waals surface area contributed by atoms with E-state index >= 15 is 0 Å². The van der Waals surface area contributed by atoms with Gasteiger partial charge in [0.1, 0.15) is 6.61 Å². The lowest BCUT2D eigenvalue weighted by atomic mass is 10.0. The van der Waals surface area contributed by atoms with Crippen molar-refractivity contribution < 1.29 is 23.8 Å². The molecule has 1 atom stereocenters. The number of carbonyl (C=O) groups excluding carboxylic acids is 2. The molecule has 420 valence electrons. The summed E-state index contributed by atoms with van der Waals surface area (Å²) >= 11 is 0. The lowest BCUT2D eigenvalue weighted by molar-refractivity contribution is -0.163. The Hall–Kier alpha value is -2.40. The maximum atomic E-state index is 12.9. The molecule has 1 unspecified atom stereocenters. The van der Waals surface area contributed by atoms with E-state index in [0.717, 1.165) is 77.0 Å². The topological polar surface area (TPSA) is 61.8 Å². The van der Waals surface area contributed by atoms with Gasteiger partial charge in [0, 0.05) is 19.4 Å². The Morgan fingerprint density at radius 1 is 0.319 bits per heavy atom. The minimum absolute atomic E-state index is 0.0723. The molecule has 0 aromatic carbocycles. The normalized spacial score (nSPS) is 12.5. The molecule has 0 fully saturated rings. The molecular weight excluding hydrogens is 885 g/mol. The number of unbranched alkanes of at least 4 members (excludes halogenated alkanes) is 38. The summed E-state index contributed by atoms with van der Waals surface area (Å²) in [5.41, 5.74) is 0. The molecule has 5 nitrogen and oxygen atoms in total. The Bertz CT molecular complexity index is 1230. The highest BCUT2D eigenvalue weighted by Gasteiger charge is 2.17. The lowest BCUT2D eigenvalue weighted by Crippen LogP contribution is -2.30. The van der Waals surface area contributed by atoms with Crippen molar-refractivity contribution >= 4 is 11.9 Å². The summed E-state index contributed by atoms with van der Waals surface area (Å²) in [7, 11) is 0. The number of carbonyl (C=O) groups is 2. The van der Waals surface area contributed by atoms with Gasteiger partial charge >= 0.3 is 11.9 Å². The van der Waals surface area contributed by atoms with Crippen LogP contribution in [0.1, 0.15) is 329 Å². The van der Waals surface area contributed by atoms with Crippen LogP contribution in [-0.4, -0.2) is 37.9 Å². The summed E-state index contributed by atoms with van der Waals surface area (Å²) in [6, 6.07) is 0. The Morgan fingerprint density at radius 3 is 0.972 bits per heavy atom. The van der Waals surface area contributed by atoms with Crippen molar-refractivity contribution in [1.82, 2.24) is 0 Å². The van der Waals surface area contributed by atoms with E-state index in [9.17, 15) is 9.59 Å². The van der Waals surface area contributed by atoms with Crippen LogP contribution in [0.15, 0.2) is 60.8 Å². The number of allylic oxidation sites excluding steroid dienone is 10. The molecule has 0 saturated heterocycles. The van der Waals surface area contributed by atoms with E-state index in [4.69, 9.17) is 14.2 Å². The van der Waals surface area contributed by atoms with Crippen molar-refractivity contribution in [2.45, 2.75) is 335 Å². The standard InChI is InChI=1S/C67H122O5/c1-4-7-10-13-16-19-22-25-28-31-34-36-39-42-45-48-51-54-57-60-66(68)71-64-65(63-70-62-59-56-53-50-47-44-41-38-33-30-27-24-21-18-15-12-9-6-3)72-67(69)61-58-55-52-49-46-43-40-37-35-32-29-26-23-20-17-14-11-8-5-2/h9,12,18,21,27,30,38,41,47,50,65H,4-8,10-11,13-17,19-20,22-26,28-29,31-37,39-40,42-46,48-49,51-64H2,1-3H3/b12-9-,21-18-,30-27-,41-38-,50-47-. The molecule has 0 spiro atoms. The van der Waals surface area contributed by atoms with Gasteiger partial charge < -0.3 is 14.2 Å². The quantitative estimate of drug-likeness (QED) is 0.0345. The van der Waals surface area contributed by atoms with E-state index in [1.54, 1.807) is 0 Å². The van der Waals surface area contributed by atoms with Crippen LogP contribution < -0.4 is 0 Å². The van der Waals surface area contributed by atoms with Crippen LogP contribution >= 0.6 is 0 Å². The zero-order valence-electron chi connectivity index (χ0n) is 48.5. The number of esters is 2. The van der Waals surface area contributed by atoms with Crippen LogP contribution in [0.25, 0.3) is 0 Å². The van der Waals surface area contributed by atoms with Gasteiger partial charge in [-0.1, -0.05) is 313 Å². The fraction of sp³-hybridized carbons (Fsp3) is 0.821. The van der Waals surface area contributed by atoms with Gasteiger partial charge in [0.2, 0.25) is 0 Å². The Kier molecular flexibility index (Phi) is 60.8. The van der Waals surface area contributed by atoms with Gasteiger partial charge in [0.05, 0.1) is 6.61 Å². The van der Waals surface area contributed by atoms with Gasteiger partial charge in [0.15, 0.2) is 6.10 Å². The van der Waals surface area contributed by atoms with Crippen molar-refractivity contribution in [3.05, 3.63) is 60.8 Å². The van der Waals surface area contributed by atoms with Crippen LogP contribution in [0, 0.1) is 0 Å². The van der Waals surface area contributed by atoms with Gasteiger partial charge in [-0.15, -0.1) is 0 Å². The summed E-state index contributed by atoms with van der Waals surface area (Å²) in [4.78, 5) is 25.6. The van der Waals surface area contributed by atoms with Crippen molar-refractivity contribution in [1.29, 1.82) is 0 Å². The zero-order chi connectivity index (χ0) is 52.0. The molecule has 5 heteroatoms. The molecule has 72 heavy (non-hydrogen) atoms. The average Bonchev–Trinajstić information content (AvgIpc) is 3.38. The van der Waals surface area contributed by atoms with Crippen LogP contribution in [0.4, 0.5) is 0 Å². The van der Waals surface area contributed by atoms with E-state index in [0.29, 0.717) is 19.4 Å². The third-order valence-corrected chi connectivity index (χ3v) is 14.1. The maximum absolute atomic E-state index is 12.9. The summed E-state index contributed by atoms with van der Waals surface area (Å²) in [6.07, 6.45) is 81.3. The summed E-state index contributed by atoms with van der Waals surface area (Å²) in [6.45, 7) is 7.69. The Morgan fingerprint density at radius 2 is 0.625 bits per heavy atom. The second kappa shape index (κ2) is 62.9. The molecule has 0 amide bonds. The predicted octanol–water partition coefficient (Wildman–Crippen LogP) is 22.0. The first-order valence-corrected chi connectivity index (χ1v) is 31.8. The molecule has 0 aromatic rings. The fourth-order valence-corrected chi connectivity index (χ4v) is 9.36. The fourth-order valence-electron chi connectivity index (χ4n) is 9.36. The molecule has 0 bridgehead atoms. The molecule has 0 saturated carbocycles. The molecular formula is C67H122O5. The van der Waals surface area contributed by atoms with Crippen molar-refractivity contribution in [3.63, 3.8) is 0 Å². The molecule has 0 heterocycles. The third kappa shape index (κ3) is 60.2. The minimum Gasteiger partial charge on any atom is -0.462 e. The van der Waals surface area contributed by atoms with Crippen LogP contribution in [0.3, 0.4) is 0 Å². The van der Waals surface area contributed by atoms with Gasteiger partial charge in [-0.05, 0) is 64.2 Å². The van der Waals surface area contributed by atoms with Crippen LogP contribution in [0.5, 0.6) is 0 Å². The molecule has 0 rings (SSSR count). The van der Waals surface area contributed by atoms with Crippen molar-refractivity contribution in [3.8, 4) is 0 Å². The third-order valence-electron chi connectivity index (χ3n) is 14.1. The van der Waals surface area contributed by atoms with E-state index in [2.05, 4.69) is 81.5 Å². The Balaban J connectivity index is 4.29. The second-order valence-electron chi connectivity index (χ2n) is 21.3. The number of hydrogen-bond acceptors (Lipinski definition) is 5. The first-order valence-electron chi connectivity index (χ1n) is 31.8. The first-order chi connectivity index (χ1) is 35.6. The Labute approximate surface area is 449 Å². The smallest absolute Gasteiger partial charge is 0.306 e. The summed E-state index contributed by atoms with van der Waals surface area (Å²) < 4.78 is 17.5. The molecule has 0 aromatic heterocycles. The van der Waals surface area contributed by atoms with E-state index in [1.165, 1.54) is 218 Å². The summed E-state index contributed by atoms with van der Waals surface area (Å²) in [5.74, 6) is -0.400. The maximum Gasteiger partial charge on any atom is 0.306 e. The number of hydrogen-bond donors (Lipinski definition) is 0. The highest BCUT2D eigenvalue weighted by Crippen LogP contribution is 2.18. The van der Waals surface area contributed by atoms with Gasteiger partial charge in [-0.2, -0.15) is 0 Å². The number of ether oxygens (including phenoxy) is 3. The SMILES string of the molecule is CC/C=C\C/C=C\C/C=C\C/C=C\C/C=C\CCCCOCC(COC(=O)CCCCCCCCCCCCCCCCCCCCC)OC(=O)CCCCCCCCCCCCCCCCCCCCC. The van der Waals surface area contributed by atoms with E-state index < -0.39 is 6.10 Å². The lowest BCUT2D eigenvalue weighted by Gasteiger charge is -2.18.